The average Bonchev–Trinajstić information content (AvgIpc) is 2.94. The Balaban J connectivity index is 1.96. The van der Waals surface area contributed by atoms with Crippen molar-refractivity contribution < 1.29 is 13.5 Å². The van der Waals surface area contributed by atoms with Gasteiger partial charge in [-0.3, -0.25) is 4.90 Å². The first-order valence-corrected chi connectivity index (χ1v) is 7.88. The molecule has 2 fully saturated rings. The Kier molecular flexibility index (Phi) is 3.29. The third-order valence-electron chi connectivity index (χ3n) is 3.96. The van der Waals surface area contributed by atoms with Gasteiger partial charge in [-0.15, -0.1) is 0 Å². The van der Waals surface area contributed by atoms with Crippen LogP contribution in [0.25, 0.3) is 0 Å². The zero-order valence-corrected chi connectivity index (χ0v) is 10.7. The number of rotatable bonds is 5. The molecule has 1 aliphatic heterocycles. The molecule has 1 saturated heterocycles. The second kappa shape index (κ2) is 4.27. The third kappa shape index (κ3) is 2.57. The SMILES string of the molecule is CCN(CC1(CO)CC1)C1CCS(=O)(=O)C1. The Morgan fingerprint density at radius 2 is 2.12 bits per heavy atom. The molecule has 0 radical (unpaired) electrons. The summed E-state index contributed by atoms with van der Waals surface area (Å²) in [6, 6.07) is 0.180. The fourth-order valence-electron chi connectivity index (χ4n) is 2.54. The van der Waals surface area contributed by atoms with Crippen molar-refractivity contribution in [3.63, 3.8) is 0 Å². The predicted molar refractivity (Wildman–Crippen MR) is 63.1 cm³/mol. The summed E-state index contributed by atoms with van der Waals surface area (Å²) in [7, 11) is -2.80. The summed E-state index contributed by atoms with van der Waals surface area (Å²) in [5.41, 5.74) is 0.0857. The Labute approximate surface area is 97.6 Å². The lowest BCUT2D eigenvalue weighted by molar-refractivity contribution is 0.128. The van der Waals surface area contributed by atoms with Gasteiger partial charge in [0.15, 0.2) is 9.84 Å². The first-order chi connectivity index (χ1) is 7.50. The van der Waals surface area contributed by atoms with Gasteiger partial charge in [0.2, 0.25) is 0 Å². The van der Waals surface area contributed by atoms with Gasteiger partial charge in [0.1, 0.15) is 0 Å². The molecule has 4 nitrogen and oxygen atoms in total. The predicted octanol–water partition coefficient (Wildman–Crippen LogP) is 0.268. The number of hydrogen-bond donors (Lipinski definition) is 1. The second-order valence-electron chi connectivity index (χ2n) is 5.28. The Hall–Kier alpha value is -0.130. The van der Waals surface area contributed by atoms with Crippen LogP contribution in [0.3, 0.4) is 0 Å². The lowest BCUT2D eigenvalue weighted by Gasteiger charge is -2.30. The van der Waals surface area contributed by atoms with Gasteiger partial charge in [-0.25, -0.2) is 8.42 Å². The van der Waals surface area contributed by atoms with Crippen LogP contribution in [0.5, 0.6) is 0 Å². The molecule has 0 bridgehead atoms. The third-order valence-corrected chi connectivity index (χ3v) is 5.71. The molecule has 1 atom stereocenters. The van der Waals surface area contributed by atoms with E-state index >= 15 is 0 Å². The van der Waals surface area contributed by atoms with E-state index < -0.39 is 9.84 Å². The molecule has 1 aliphatic carbocycles. The monoisotopic (exact) mass is 247 g/mol. The van der Waals surface area contributed by atoms with Crippen LogP contribution in [0, 0.1) is 5.41 Å². The number of hydrogen-bond acceptors (Lipinski definition) is 4. The largest absolute Gasteiger partial charge is 0.396 e. The fourth-order valence-corrected chi connectivity index (χ4v) is 4.30. The molecule has 1 heterocycles. The maximum absolute atomic E-state index is 11.4. The molecular weight excluding hydrogens is 226 g/mol. The van der Waals surface area contributed by atoms with E-state index in [0.29, 0.717) is 11.5 Å². The van der Waals surface area contributed by atoms with Crippen molar-refractivity contribution in [1.29, 1.82) is 0 Å². The minimum Gasteiger partial charge on any atom is -0.396 e. The summed E-state index contributed by atoms with van der Waals surface area (Å²) in [5.74, 6) is 0.642. The molecule has 1 saturated carbocycles. The van der Waals surface area contributed by atoms with Gasteiger partial charge in [-0.1, -0.05) is 6.92 Å². The highest BCUT2D eigenvalue weighted by Crippen LogP contribution is 2.46. The smallest absolute Gasteiger partial charge is 0.151 e. The molecule has 0 aromatic carbocycles. The van der Waals surface area contributed by atoms with E-state index in [2.05, 4.69) is 11.8 Å². The minimum absolute atomic E-state index is 0.0857. The summed E-state index contributed by atoms with van der Waals surface area (Å²) in [6.07, 6.45) is 2.93. The van der Waals surface area contributed by atoms with Crippen LogP contribution in [0.2, 0.25) is 0 Å². The molecule has 0 aromatic rings. The molecule has 2 rings (SSSR count). The number of nitrogens with zero attached hydrogens (tertiary/aromatic N) is 1. The van der Waals surface area contributed by atoms with E-state index in [1.165, 1.54) is 0 Å². The molecule has 0 aromatic heterocycles. The quantitative estimate of drug-likeness (QED) is 0.757. The molecule has 0 amide bonds. The van der Waals surface area contributed by atoms with Gasteiger partial charge in [-0.2, -0.15) is 0 Å². The van der Waals surface area contributed by atoms with Crippen LogP contribution in [0.15, 0.2) is 0 Å². The van der Waals surface area contributed by atoms with Gasteiger partial charge in [-0.05, 0) is 25.8 Å². The topological polar surface area (TPSA) is 57.6 Å². The van der Waals surface area contributed by atoms with Crippen LogP contribution in [-0.2, 0) is 9.84 Å². The number of aliphatic hydroxyl groups is 1. The maximum atomic E-state index is 11.4. The van der Waals surface area contributed by atoms with Gasteiger partial charge in [0.25, 0.3) is 0 Å². The van der Waals surface area contributed by atoms with Crippen molar-refractivity contribution in [2.75, 3.05) is 31.2 Å². The lowest BCUT2D eigenvalue weighted by atomic mass is 10.1. The fraction of sp³-hybridized carbons (Fsp3) is 1.00. The van der Waals surface area contributed by atoms with E-state index in [1.54, 1.807) is 0 Å². The molecule has 5 heteroatoms. The van der Waals surface area contributed by atoms with Gasteiger partial charge < -0.3 is 5.11 Å². The van der Waals surface area contributed by atoms with E-state index in [-0.39, 0.29) is 18.1 Å². The summed E-state index contributed by atoms with van der Waals surface area (Å²) >= 11 is 0. The van der Waals surface area contributed by atoms with Crippen LogP contribution in [-0.4, -0.2) is 55.7 Å². The lowest BCUT2D eigenvalue weighted by Crippen LogP contribution is -2.41. The highest BCUT2D eigenvalue weighted by Gasteiger charge is 2.45. The van der Waals surface area contributed by atoms with Crippen molar-refractivity contribution >= 4 is 9.84 Å². The van der Waals surface area contributed by atoms with E-state index in [0.717, 1.165) is 32.4 Å². The van der Waals surface area contributed by atoms with Crippen molar-refractivity contribution in [2.24, 2.45) is 5.41 Å². The first kappa shape index (κ1) is 12.3. The van der Waals surface area contributed by atoms with Crippen molar-refractivity contribution in [1.82, 2.24) is 4.90 Å². The molecule has 0 spiro atoms. The van der Waals surface area contributed by atoms with Crippen molar-refractivity contribution in [2.45, 2.75) is 32.2 Å². The van der Waals surface area contributed by atoms with Crippen LogP contribution >= 0.6 is 0 Å². The van der Waals surface area contributed by atoms with Crippen molar-refractivity contribution in [3.8, 4) is 0 Å². The van der Waals surface area contributed by atoms with Crippen LogP contribution in [0.1, 0.15) is 26.2 Å². The summed E-state index contributed by atoms with van der Waals surface area (Å²) in [6.45, 7) is 4.05. The van der Waals surface area contributed by atoms with Crippen LogP contribution in [0.4, 0.5) is 0 Å². The highest BCUT2D eigenvalue weighted by atomic mass is 32.2. The van der Waals surface area contributed by atoms with E-state index in [1.807, 2.05) is 0 Å². The Morgan fingerprint density at radius 3 is 2.50 bits per heavy atom. The average molecular weight is 247 g/mol. The molecule has 16 heavy (non-hydrogen) atoms. The maximum Gasteiger partial charge on any atom is 0.151 e. The second-order valence-corrected chi connectivity index (χ2v) is 7.51. The first-order valence-electron chi connectivity index (χ1n) is 6.06. The molecule has 2 aliphatic rings. The summed E-state index contributed by atoms with van der Waals surface area (Å²) in [5, 5.41) is 9.30. The van der Waals surface area contributed by atoms with E-state index in [4.69, 9.17) is 0 Å². The zero-order valence-electron chi connectivity index (χ0n) is 9.85. The van der Waals surface area contributed by atoms with Crippen molar-refractivity contribution in [3.05, 3.63) is 0 Å². The number of sulfone groups is 1. The molecular formula is C11H21NO3S. The van der Waals surface area contributed by atoms with Gasteiger partial charge >= 0.3 is 0 Å². The standard InChI is InChI=1S/C11H21NO3S/c1-2-12(8-11(9-13)4-5-11)10-3-6-16(14,15)7-10/h10,13H,2-9H2,1H3. The Morgan fingerprint density at radius 1 is 1.44 bits per heavy atom. The summed E-state index contributed by atoms with van der Waals surface area (Å²) < 4.78 is 22.9. The normalized spacial score (nSPS) is 30.8. The van der Waals surface area contributed by atoms with Crippen LogP contribution < -0.4 is 0 Å². The van der Waals surface area contributed by atoms with E-state index in [9.17, 15) is 13.5 Å². The molecule has 94 valence electrons. The Bertz CT molecular complexity index is 348. The molecule has 1 unspecified atom stereocenters. The highest BCUT2D eigenvalue weighted by molar-refractivity contribution is 7.91. The number of aliphatic hydroxyl groups excluding tert-OH is 1. The minimum atomic E-state index is -2.80. The van der Waals surface area contributed by atoms with Gasteiger partial charge in [0, 0.05) is 24.6 Å². The zero-order chi connectivity index (χ0) is 11.8. The van der Waals surface area contributed by atoms with Gasteiger partial charge in [0.05, 0.1) is 11.5 Å². The summed E-state index contributed by atoms with van der Waals surface area (Å²) in [4.78, 5) is 2.24. The molecule has 1 N–H and O–H groups in total.